The van der Waals surface area contributed by atoms with Crippen molar-refractivity contribution in [3.63, 3.8) is 0 Å². The van der Waals surface area contributed by atoms with Crippen LogP contribution in [0.3, 0.4) is 0 Å². The average molecular weight is 227 g/mol. The fourth-order valence-electron chi connectivity index (χ4n) is 1.56. The van der Waals surface area contributed by atoms with Gasteiger partial charge in [-0.2, -0.15) is 15.0 Å². The molecule has 7 nitrogen and oxygen atoms in total. The molecule has 0 saturated heterocycles. The van der Waals surface area contributed by atoms with Gasteiger partial charge in [-0.25, -0.2) is 4.68 Å². The summed E-state index contributed by atoms with van der Waals surface area (Å²) in [4.78, 5) is 1.50. The van der Waals surface area contributed by atoms with Crippen LogP contribution in [0, 0.1) is 0 Å². The highest BCUT2D eigenvalue weighted by molar-refractivity contribution is 5.55. The van der Waals surface area contributed by atoms with Crippen molar-refractivity contribution in [3.8, 4) is 11.4 Å². The van der Waals surface area contributed by atoms with Gasteiger partial charge in [-0.05, 0) is 18.2 Å². The fraction of sp³-hybridized carbons (Fsp3) is 0. The summed E-state index contributed by atoms with van der Waals surface area (Å²) in [7, 11) is 0. The van der Waals surface area contributed by atoms with E-state index in [2.05, 4.69) is 20.5 Å². The summed E-state index contributed by atoms with van der Waals surface area (Å²) in [5, 5.41) is 15.8. The quantitative estimate of drug-likeness (QED) is 0.641. The van der Waals surface area contributed by atoms with E-state index in [0.29, 0.717) is 5.69 Å². The van der Waals surface area contributed by atoms with Crippen molar-refractivity contribution in [1.82, 2.24) is 30.0 Å². The molecule has 2 aromatic heterocycles. The maximum absolute atomic E-state index is 5.84. The Hall–Kier alpha value is -2.70. The summed E-state index contributed by atoms with van der Waals surface area (Å²) < 4.78 is 1.63. The summed E-state index contributed by atoms with van der Waals surface area (Å²) in [6.45, 7) is 0. The minimum atomic E-state index is 0.616. The summed E-state index contributed by atoms with van der Waals surface area (Å²) in [5.74, 6) is 0. The van der Waals surface area contributed by atoms with Gasteiger partial charge in [-0.1, -0.05) is 5.21 Å². The maximum atomic E-state index is 5.84. The Labute approximate surface area is 96.5 Å². The van der Waals surface area contributed by atoms with Gasteiger partial charge in [0.1, 0.15) is 0 Å². The van der Waals surface area contributed by atoms with Crippen LogP contribution in [0.15, 0.2) is 43.0 Å². The third-order valence-corrected chi connectivity index (χ3v) is 2.26. The Bertz CT molecular complexity index is 560. The molecule has 3 aromatic rings. The topological polar surface area (TPSA) is 87.4 Å². The molecule has 0 spiro atoms. The fourth-order valence-corrected chi connectivity index (χ4v) is 1.56. The molecule has 0 aliphatic rings. The van der Waals surface area contributed by atoms with Crippen LogP contribution in [-0.4, -0.2) is 30.0 Å². The van der Waals surface area contributed by atoms with Gasteiger partial charge in [0.2, 0.25) is 0 Å². The van der Waals surface area contributed by atoms with E-state index in [9.17, 15) is 0 Å². The van der Waals surface area contributed by atoms with Crippen molar-refractivity contribution in [2.24, 2.45) is 0 Å². The zero-order valence-corrected chi connectivity index (χ0v) is 8.80. The first kappa shape index (κ1) is 9.52. The summed E-state index contributed by atoms with van der Waals surface area (Å²) in [6.07, 6.45) is 6.57. The molecule has 0 fully saturated rings. The van der Waals surface area contributed by atoms with E-state index >= 15 is 0 Å². The van der Waals surface area contributed by atoms with Crippen LogP contribution in [0.2, 0.25) is 0 Å². The molecular formula is C10H9N7. The summed E-state index contributed by atoms with van der Waals surface area (Å²) >= 11 is 0. The Morgan fingerprint density at radius 1 is 0.941 bits per heavy atom. The number of nitrogen functional groups attached to an aromatic ring is 1. The van der Waals surface area contributed by atoms with E-state index in [1.807, 2.05) is 12.1 Å². The van der Waals surface area contributed by atoms with E-state index in [-0.39, 0.29) is 0 Å². The van der Waals surface area contributed by atoms with E-state index in [1.165, 1.54) is 4.80 Å². The lowest BCUT2D eigenvalue weighted by Crippen LogP contribution is -2.03. The van der Waals surface area contributed by atoms with E-state index in [0.717, 1.165) is 11.4 Å². The molecule has 0 saturated carbocycles. The molecule has 2 N–H and O–H groups in total. The highest BCUT2D eigenvalue weighted by atomic mass is 15.5. The number of nitrogens with two attached hydrogens (primary N) is 1. The van der Waals surface area contributed by atoms with Gasteiger partial charge in [0.15, 0.2) is 0 Å². The second-order valence-electron chi connectivity index (χ2n) is 3.45. The number of rotatable bonds is 2. The second kappa shape index (κ2) is 3.71. The van der Waals surface area contributed by atoms with Crippen molar-refractivity contribution in [2.45, 2.75) is 0 Å². The largest absolute Gasteiger partial charge is 0.399 e. The van der Waals surface area contributed by atoms with Crippen LogP contribution in [-0.2, 0) is 0 Å². The van der Waals surface area contributed by atoms with Crippen molar-refractivity contribution in [3.05, 3.63) is 43.0 Å². The van der Waals surface area contributed by atoms with Crippen LogP contribution in [0.4, 0.5) is 5.69 Å². The zero-order chi connectivity index (χ0) is 11.7. The van der Waals surface area contributed by atoms with Gasteiger partial charge in [0.05, 0.1) is 36.2 Å². The van der Waals surface area contributed by atoms with Gasteiger partial charge in [0.25, 0.3) is 0 Å². The lowest BCUT2D eigenvalue weighted by molar-refractivity contribution is 0.747. The highest BCUT2D eigenvalue weighted by Gasteiger charge is 2.04. The SMILES string of the molecule is Nc1cc(-n2ccnn2)cc(-n2nccn2)c1. The Morgan fingerprint density at radius 3 is 2.41 bits per heavy atom. The van der Waals surface area contributed by atoms with Gasteiger partial charge in [0, 0.05) is 5.69 Å². The highest BCUT2D eigenvalue weighted by Crippen LogP contribution is 2.17. The smallest absolute Gasteiger partial charge is 0.0898 e. The first-order valence-electron chi connectivity index (χ1n) is 4.97. The molecule has 0 unspecified atom stereocenters. The van der Waals surface area contributed by atoms with Gasteiger partial charge in [-0.15, -0.1) is 5.10 Å². The number of aromatic nitrogens is 6. The monoisotopic (exact) mass is 227 g/mol. The first-order valence-corrected chi connectivity index (χ1v) is 4.97. The standard InChI is InChI=1S/C10H9N7/c11-8-5-9(16-4-3-12-15-16)7-10(6-8)17-13-1-2-14-17/h1-7H,11H2. The first-order chi connectivity index (χ1) is 8.33. The van der Waals surface area contributed by atoms with Crippen LogP contribution < -0.4 is 5.73 Å². The third kappa shape index (κ3) is 1.73. The van der Waals surface area contributed by atoms with E-state index in [1.54, 1.807) is 35.5 Å². The molecule has 0 amide bonds. The third-order valence-electron chi connectivity index (χ3n) is 2.26. The van der Waals surface area contributed by atoms with Crippen molar-refractivity contribution in [1.29, 1.82) is 0 Å². The predicted octanol–water partition coefficient (Wildman–Crippen LogP) is 0.430. The molecule has 0 aliphatic heterocycles. The maximum Gasteiger partial charge on any atom is 0.0898 e. The Balaban J connectivity index is 2.13. The van der Waals surface area contributed by atoms with Crippen LogP contribution >= 0.6 is 0 Å². The zero-order valence-electron chi connectivity index (χ0n) is 8.80. The minimum absolute atomic E-state index is 0.616. The normalized spacial score (nSPS) is 10.6. The lowest BCUT2D eigenvalue weighted by atomic mass is 10.2. The molecule has 1 aromatic carbocycles. The number of hydrogen-bond acceptors (Lipinski definition) is 5. The molecule has 0 radical (unpaired) electrons. The average Bonchev–Trinajstić information content (AvgIpc) is 3.02. The van der Waals surface area contributed by atoms with Gasteiger partial charge < -0.3 is 5.73 Å². The molecule has 0 bridgehead atoms. The lowest BCUT2D eigenvalue weighted by Gasteiger charge is -2.06. The molecule has 7 heteroatoms. The molecular weight excluding hydrogens is 218 g/mol. The molecule has 2 heterocycles. The van der Waals surface area contributed by atoms with Gasteiger partial charge in [-0.3, -0.25) is 0 Å². The molecule has 17 heavy (non-hydrogen) atoms. The minimum Gasteiger partial charge on any atom is -0.399 e. The van der Waals surface area contributed by atoms with E-state index in [4.69, 9.17) is 5.73 Å². The molecule has 84 valence electrons. The van der Waals surface area contributed by atoms with Crippen LogP contribution in [0.1, 0.15) is 0 Å². The van der Waals surface area contributed by atoms with Crippen LogP contribution in [0.25, 0.3) is 11.4 Å². The molecule has 0 aliphatic carbocycles. The number of hydrogen-bond donors (Lipinski definition) is 1. The van der Waals surface area contributed by atoms with Crippen molar-refractivity contribution >= 4 is 5.69 Å². The molecule has 0 atom stereocenters. The Morgan fingerprint density at radius 2 is 1.71 bits per heavy atom. The van der Waals surface area contributed by atoms with Crippen molar-refractivity contribution < 1.29 is 0 Å². The van der Waals surface area contributed by atoms with Crippen LogP contribution in [0.5, 0.6) is 0 Å². The molecule has 3 rings (SSSR count). The van der Waals surface area contributed by atoms with Crippen molar-refractivity contribution in [2.75, 3.05) is 5.73 Å². The number of anilines is 1. The summed E-state index contributed by atoms with van der Waals surface area (Å²) in [6, 6.07) is 5.48. The Kier molecular flexibility index (Phi) is 2.08. The predicted molar refractivity (Wildman–Crippen MR) is 60.7 cm³/mol. The number of benzene rings is 1. The van der Waals surface area contributed by atoms with Gasteiger partial charge >= 0.3 is 0 Å². The number of nitrogens with zero attached hydrogens (tertiary/aromatic N) is 6. The second-order valence-corrected chi connectivity index (χ2v) is 3.45. The summed E-state index contributed by atoms with van der Waals surface area (Å²) in [5.41, 5.74) is 8.05. The van der Waals surface area contributed by atoms with E-state index < -0.39 is 0 Å².